The lowest BCUT2D eigenvalue weighted by Gasteiger charge is -2.30. The van der Waals surface area contributed by atoms with Gasteiger partial charge in [-0.1, -0.05) is 30.3 Å². The van der Waals surface area contributed by atoms with Crippen molar-refractivity contribution in [2.45, 2.75) is 18.6 Å². The lowest BCUT2D eigenvalue weighted by molar-refractivity contribution is 0.0721. The van der Waals surface area contributed by atoms with E-state index in [1.165, 1.54) is 6.07 Å². The van der Waals surface area contributed by atoms with Crippen LogP contribution in [0.5, 0.6) is 11.5 Å². The van der Waals surface area contributed by atoms with Gasteiger partial charge in [-0.25, -0.2) is 4.39 Å². The summed E-state index contributed by atoms with van der Waals surface area (Å²) in [5.74, 6) is 1.18. The summed E-state index contributed by atoms with van der Waals surface area (Å²) in [4.78, 5) is 0. The lowest BCUT2D eigenvalue weighted by Crippen LogP contribution is -2.46. The number of fused-ring (bicyclic) bond motifs is 1. The Balaban J connectivity index is 1.70. The number of benzene rings is 2. The zero-order chi connectivity index (χ0) is 13.9. The molecule has 0 radical (unpaired) electrons. The van der Waals surface area contributed by atoms with Gasteiger partial charge >= 0.3 is 0 Å². The van der Waals surface area contributed by atoms with E-state index in [-0.39, 0.29) is 18.0 Å². The molecule has 0 amide bonds. The van der Waals surface area contributed by atoms with Crippen LogP contribution in [0.15, 0.2) is 48.5 Å². The Labute approximate surface area is 117 Å². The number of hydrogen-bond donors (Lipinski definition) is 1. The first-order valence-corrected chi connectivity index (χ1v) is 6.61. The quantitative estimate of drug-likeness (QED) is 0.934. The summed E-state index contributed by atoms with van der Waals surface area (Å²) in [6, 6.07) is 13.8. The number of ether oxygens (including phenoxy) is 2. The normalized spacial score (nSPS) is 18.6. The summed E-state index contributed by atoms with van der Waals surface area (Å²) >= 11 is 0. The third kappa shape index (κ3) is 2.60. The fourth-order valence-corrected chi connectivity index (χ4v) is 2.30. The van der Waals surface area contributed by atoms with Gasteiger partial charge in [0.2, 0.25) is 0 Å². The molecule has 0 spiro atoms. The van der Waals surface area contributed by atoms with Crippen LogP contribution >= 0.6 is 0 Å². The summed E-state index contributed by atoms with van der Waals surface area (Å²) in [5, 5.41) is 0. The monoisotopic (exact) mass is 273 g/mol. The van der Waals surface area contributed by atoms with Crippen LogP contribution in [0.25, 0.3) is 0 Å². The van der Waals surface area contributed by atoms with Gasteiger partial charge in [0.15, 0.2) is 11.5 Å². The van der Waals surface area contributed by atoms with Crippen molar-refractivity contribution in [2.24, 2.45) is 5.73 Å². The van der Waals surface area contributed by atoms with E-state index >= 15 is 0 Å². The van der Waals surface area contributed by atoms with Crippen LogP contribution in [0.4, 0.5) is 4.39 Å². The first-order valence-electron chi connectivity index (χ1n) is 6.61. The van der Waals surface area contributed by atoms with Gasteiger partial charge in [0.05, 0.1) is 0 Å². The molecule has 0 aliphatic carbocycles. The third-order valence-corrected chi connectivity index (χ3v) is 3.42. The van der Waals surface area contributed by atoms with E-state index in [0.717, 1.165) is 5.75 Å². The number of nitrogens with two attached hydrogens (primary N) is 1. The fourth-order valence-electron chi connectivity index (χ4n) is 2.30. The van der Waals surface area contributed by atoms with Gasteiger partial charge in [0, 0.05) is 6.04 Å². The molecule has 4 heteroatoms. The molecule has 20 heavy (non-hydrogen) atoms. The molecule has 1 aliphatic rings. The molecule has 2 aromatic rings. The van der Waals surface area contributed by atoms with E-state index < -0.39 is 0 Å². The molecule has 0 bridgehead atoms. The Morgan fingerprint density at radius 1 is 1.10 bits per heavy atom. The Morgan fingerprint density at radius 2 is 1.80 bits per heavy atom. The van der Waals surface area contributed by atoms with E-state index in [2.05, 4.69) is 0 Å². The highest BCUT2D eigenvalue weighted by Crippen LogP contribution is 2.31. The highest BCUT2D eigenvalue weighted by Gasteiger charge is 2.27. The topological polar surface area (TPSA) is 44.5 Å². The summed E-state index contributed by atoms with van der Waals surface area (Å²) < 4.78 is 25.1. The number of rotatable bonds is 3. The van der Waals surface area contributed by atoms with E-state index in [4.69, 9.17) is 15.2 Å². The van der Waals surface area contributed by atoms with Crippen LogP contribution in [0.2, 0.25) is 0 Å². The molecule has 3 nitrogen and oxygen atoms in total. The minimum atomic E-state index is -0.319. The molecular weight excluding hydrogens is 257 g/mol. The Morgan fingerprint density at radius 3 is 2.60 bits per heavy atom. The van der Waals surface area contributed by atoms with Crippen molar-refractivity contribution in [1.82, 2.24) is 0 Å². The zero-order valence-electron chi connectivity index (χ0n) is 11.0. The van der Waals surface area contributed by atoms with Gasteiger partial charge in [-0.05, 0) is 30.2 Å². The van der Waals surface area contributed by atoms with Gasteiger partial charge in [-0.2, -0.15) is 0 Å². The van der Waals surface area contributed by atoms with Crippen molar-refractivity contribution in [3.63, 3.8) is 0 Å². The van der Waals surface area contributed by atoms with Crippen LogP contribution in [0.3, 0.4) is 0 Å². The van der Waals surface area contributed by atoms with E-state index in [0.29, 0.717) is 24.3 Å². The minimum Gasteiger partial charge on any atom is -0.486 e. The van der Waals surface area contributed by atoms with Crippen LogP contribution < -0.4 is 15.2 Å². The molecule has 104 valence electrons. The number of para-hydroxylation sites is 2. The van der Waals surface area contributed by atoms with Crippen LogP contribution in [0, 0.1) is 5.82 Å². The largest absolute Gasteiger partial charge is 0.486 e. The predicted octanol–water partition coefficient (Wildman–Crippen LogP) is 2.54. The lowest BCUT2D eigenvalue weighted by atomic mass is 10.0. The van der Waals surface area contributed by atoms with Gasteiger partial charge in [-0.3, -0.25) is 0 Å². The molecule has 2 aromatic carbocycles. The van der Waals surface area contributed by atoms with Crippen molar-refractivity contribution in [3.8, 4) is 11.5 Å². The fraction of sp³-hybridized carbons (Fsp3) is 0.250. The van der Waals surface area contributed by atoms with Gasteiger partial charge in [0.25, 0.3) is 0 Å². The number of hydrogen-bond acceptors (Lipinski definition) is 3. The predicted molar refractivity (Wildman–Crippen MR) is 74.4 cm³/mol. The maximum Gasteiger partial charge on any atom is 0.161 e. The molecule has 2 atom stereocenters. The second-order valence-corrected chi connectivity index (χ2v) is 4.87. The second-order valence-electron chi connectivity index (χ2n) is 4.87. The van der Waals surface area contributed by atoms with E-state index in [9.17, 15) is 4.39 Å². The Hall–Kier alpha value is -2.07. The van der Waals surface area contributed by atoms with Gasteiger partial charge in [-0.15, -0.1) is 0 Å². The summed E-state index contributed by atoms with van der Waals surface area (Å²) in [7, 11) is 0. The van der Waals surface area contributed by atoms with Gasteiger partial charge < -0.3 is 15.2 Å². The van der Waals surface area contributed by atoms with E-state index in [1.807, 2.05) is 24.3 Å². The summed E-state index contributed by atoms with van der Waals surface area (Å²) in [6.07, 6.45) is 0.146. The van der Waals surface area contributed by atoms with Crippen molar-refractivity contribution < 1.29 is 13.9 Å². The van der Waals surface area contributed by atoms with Crippen molar-refractivity contribution in [1.29, 1.82) is 0 Å². The maximum absolute atomic E-state index is 13.6. The summed E-state index contributed by atoms with van der Waals surface area (Å²) in [5.41, 5.74) is 6.73. The standard InChI is InChI=1S/C16H16FNO2/c17-12-6-2-1-5-11(12)9-13(18)16-10-19-14-7-3-4-8-15(14)20-16/h1-8,13,16H,9-10,18H2. The smallest absolute Gasteiger partial charge is 0.161 e. The molecule has 1 heterocycles. The first-order chi connectivity index (χ1) is 9.74. The van der Waals surface area contributed by atoms with Crippen LogP contribution in [0.1, 0.15) is 5.56 Å². The highest BCUT2D eigenvalue weighted by molar-refractivity contribution is 5.40. The maximum atomic E-state index is 13.6. The van der Waals surface area contributed by atoms with E-state index in [1.54, 1.807) is 18.2 Å². The molecule has 2 N–H and O–H groups in total. The van der Waals surface area contributed by atoms with Crippen LogP contribution in [-0.4, -0.2) is 18.8 Å². The van der Waals surface area contributed by atoms with Gasteiger partial charge in [0.1, 0.15) is 18.5 Å². The Kier molecular flexibility index (Phi) is 3.56. The molecule has 0 fully saturated rings. The van der Waals surface area contributed by atoms with Crippen molar-refractivity contribution in [3.05, 3.63) is 59.9 Å². The third-order valence-electron chi connectivity index (χ3n) is 3.42. The molecular formula is C16H16FNO2. The highest BCUT2D eigenvalue weighted by atomic mass is 19.1. The SMILES string of the molecule is NC(Cc1ccccc1F)C1COc2ccccc2O1. The molecule has 0 aromatic heterocycles. The Bertz CT molecular complexity index is 603. The molecule has 1 aliphatic heterocycles. The zero-order valence-corrected chi connectivity index (χ0v) is 11.0. The van der Waals surface area contributed by atoms with Crippen LogP contribution in [-0.2, 0) is 6.42 Å². The molecule has 0 saturated carbocycles. The minimum absolute atomic E-state index is 0.236. The molecule has 0 saturated heterocycles. The number of halogens is 1. The molecule has 3 rings (SSSR count). The average molecular weight is 273 g/mol. The summed E-state index contributed by atoms with van der Waals surface area (Å²) in [6.45, 7) is 0.382. The average Bonchev–Trinajstić information content (AvgIpc) is 2.49. The molecule has 2 unspecified atom stereocenters. The van der Waals surface area contributed by atoms with Crippen molar-refractivity contribution >= 4 is 0 Å². The van der Waals surface area contributed by atoms with Crippen molar-refractivity contribution in [2.75, 3.05) is 6.61 Å². The second kappa shape index (κ2) is 5.51. The first kappa shape index (κ1) is 12.9.